The first-order valence-corrected chi connectivity index (χ1v) is 3.77. The second-order valence-corrected chi connectivity index (χ2v) is 2.37. The smallest absolute Gasteiger partial charge is 0.226 e. The summed E-state index contributed by atoms with van der Waals surface area (Å²) in [6.45, 7) is 0.681. The van der Waals surface area contributed by atoms with Gasteiger partial charge in [0.2, 0.25) is 5.91 Å². The predicted molar refractivity (Wildman–Crippen MR) is 45.8 cm³/mol. The van der Waals surface area contributed by atoms with Crippen LogP contribution in [0.1, 0.15) is 6.42 Å². The summed E-state index contributed by atoms with van der Waals surface area (Å²) in [5.74, 6) is 0.615. The van der Waals surface area contributed by atoms with Crippen LogP contribution in [-0.2, 0) is 4.79 Å². The highest BCUT2D eigenvalue weighted by Crippen LogP contribution is 1.98. The van der Waals surface area contributed by atoms with E-state index < -0.39 is 0 Å². The number of carbonyl (C=O) groups excluding carboxylic acids is 1. The van der Waals surface area contributed by atoms with Gasteiger partial charge in [-0.1, -0.05) is 0 Å². The fourth-order valence-corrected chi connectivity index (χ4v) is 0.777. The minimum Gasteiger partial charge on any atom is -0.319 e. The lowest BCUT2D eigenvalue weighted by atomic mass is 10.4. The van der Waals surface area contributed by atoms with Crippen LogP contribution in [-0.4, -0.2) is 29.7 Å². The Morgan fingerprint density at radius 1 is 1.75 bits per heavy atom. The van der Waals surface area contributed by atoms with Crippen molar-refractivity contribution in [3.05, 3.63) is 12.3 Å². The third-order valence-corrected chi connectivity index (χ3v) is 1.38. The molecule has 5 nitrogen and oxygen atoms in total. The number of anilines is 1. The maximum atomic E-state index is 11.1. The molecule has 0 saturated carbocycles. The molecule has 12 heavy (non-hydrogen) atoms. The number of rotatable bonds is 4. The normalized spacial score (nSPS) is 9.75. The lowest BCUT2D eigenvalue weighted by Crippen LogP contribution is -2.18. The Labute approximate surface area is 70.5 Å². The second kappa shape index (κ2) is 4.50. The van der Waals surface area contributed by atoms with Crippen molar-refractivity contribution >= 4 is 11.7 Å². The van der Waals surface area contributed by atoms with Gasteiger partial charge in [0.15, 0.2) is 0 Å². The number of nitrogens with one attached hydrogen (secondary N) is 3. The maximum absolute atomic E-state index is 11.1. The number of hydrogen-bond acceptors (Lipinski definition) is 3. The Morgan fingerprint density at radius 3 is 3.17 bits per heavy atom. The molecule has 1 heterocycles. The van der Waals surface area contributed by atoms with E-state index in [1.165, 1.54) is 0 Å². The molecule has 0 saturated heterocycles. The van der Waals surface area contributed by atoms with Crippen LogP contribution in [0.25, 0.3) is 0 Å². The van der Waals surface area contributed by atoms with Crippen molar-refractivity contribution in [3.63, 3.8) is 0 Å². The number of H-pyrrole nitrogens is 1. The molecule has 0 aromatic carbocycles. The van der Waals surface area contributed by atoms with Crippen molar-refractivity contribution in [1.82, 2.24) is 15.5 Å². The molecule has 0 bridgehead atoms. The van der Waals surface area contributed by atoms with Crippen molar-refractivity contribution in [2.45, 2.75) is 6.42 Å². The van der Waals surface area contributed by atoms with Crippen LogP contribution in [0.3, 0.4) is 0 Å². The molecule has 0 aliphatic rings. The van der Waals surface area contributed by atoms with Crippen molar-refractivity contribution < 1.29 is 4.79 Å². The van der Waals surface area contributed by atoms with Crippen LogP contribution < -0.4 is 10.6 Å². The summed E-state index contributed by atoms with van der Waals surface area (Å²) in [6, 6.07) is 1.71. The molecule has 1 aromatic heterocycles. The zero-order valence-electron chi connectivity index (χ0n) is 6.92. The minimum atomic E-state index is -0.0198. The number of carbonyl (C=O) groups is 1. The zero-order chi connectivity index (χ0) is 8.81. The van der Waals surface area contributed by atoms with Gasteiger partial charge in [-0.2, -0.15) is 5.10 Å². The summed E-state index contributed by atoms with van der Waals surface area (Å²) in [7, 11) is 1.81. The lowest BCUT2D eigenvalue weighted by molar-refractivity contribution is -0.116. The van der Waals surface area contributed by atoms with Gasteiger partial charge in [0.05, 0.1) is 6.20 Å². The third kappa shape index (κ3) is 2.71. The number of hydrogen-bond donors (Lipinski definition) is 3. The van der Waals surface area contributed by atoms with Crippen LogP contribution >= 0.6 is 0 Å². The zero-order valence-corrected chi connectivity index (χ0v) is 6.92. The Balaban J connectivity index is 2.27. The average molecular weight is 168 g/mol. The van der Waals surface area contributed by atoms with E-state index in [0.717, 1.165) is 0 Å². The fourth-order valence-electron chi connectivity index (χ4n) is 0.777. The van der Waals surface area contributed by atoms with Gasteiger partial charge >= 0.3 is 0 Å². The quantitative estimate of drug-likeness (QED) is 0.590. The van der Waals surface area contributed by atoms with E-state index >= 15 is 0 Å². The van der Waals surface area contributed by atoms with E-state index in [0.29, 0.717) is 18.8 Å². The van der Waals surface area contributed by atoms with Crippen LogP contribution in [0, 0.1) is 0 Å². The highest BCUT2D eigenvalue weighted by molar-refractivity contribution is 5.89. The molecule has 5 heteroatoms. The number of amides is 1. The van der Waals surface area contributed by atoms with E-state index in [1.807, 2.05) is 7.05 Å². The Bertz CT molecular complexity index is 232. The predicted octanol–water partition coefficient (Wildman–Crippen LogP) is -0.0423. The van der Waals surface area contributed by atoms with Crippen molar-refractivity contribution in [2.75, 3.05) is 18.9 Å². The Kier molecular flexibility index (Phi) is 3.28. The molecular weight excluding hydrogens is 156 g/mol. The van der Waals surface area contributed by atoms with Gasteiger partial charge in [-0.3, -0.25) is 9.89 Å². The summed E-state index contributed by atoms with van der Waals surface area (Å²) in [6.07, 6.45) is 2.06. The standard InChI is InChI=1S/C7H12N4O/c1-8-4-3-7(12)10-6-2-5-9-11-6/h2,5,8H,3-4H2,1H3,(H2,9,10,11,12). The van der Waals surface area contributed by atoms with Gasteiger partial charge < -0.3 is 10.6 Å². The fraction of sp³-hybridized carbons (Fsp3) is 0.429. The summed E-state index contributed by atoms with van der Waals surface area (Å²) in [5.41, 5.74) is 0. The molecule has 1 rings (SSSR count). The van der Waals surface area contributed by atoms with Crippen LogP contribution in [0.5, 0.6) is 0 Å². The molecule has 0 aliphatic heterocycles. The first kappa shape index (κ1) is 8.73. The molecule has 66 valence electrons. The summed E-state index contributed by atoms with van der Waals surface area (Å²) in [5, 5.41) is 11.9. The number of nitrogens with zero attached hydrogens (tertiary/aromatic N) is 1. The van der Waals surface area contributed by atoms with Crippen molar-refractivity contribution in [1.29, 1.82) is 0 Å². The molecule has 3 N–H and O–H groups in total. The van der Waals surface area contributed by atoms with Gasteiger partial charge in [0, 0.05) is 19.0 Å². The maximum Gasteiger partial charge on any atom is 0.226 e. The topological polar surface area (TPSA) is 69.8 Å². The SMILES string of the molecule is CNCCC(=O)Nc1ccn[nH]1. The van der Waals surface area contributed by atoms with E-state index in [-0.39, 0.29) is 5.91 Å². The highest BCUT2D eigenvalue weighted by atomic mass is 16.1. The van der Waals surface area contributed by atoms with Gasteiger partial charge in [0.1, 0.15) is 5.82 Å². The first-order valence-electron chi connectivity index (χ1n) is 3.77. The molecule has 0 atom stereocenters. The van der Waals surface area contributed by atoms with Gasteiger partial charge in [0.25, 0.3) is 0 Å². The van der Waals surface area contributed by atoms with Crippen molar-refractivity contribution in [2.24, 2.45) is 0 Å². The molecule has 1 aromatic rings. The largest absolute Gasteiger partial charge is 0.319 e. The van der Waals surface area contributed by atoms with Gasteiger partial charge in [-0.05, 0) is 7.05 Å². The molecule has 0 aliphatic carbocycles. The molecule has 0 spiro atoms. The molecule has 0 radical (unpaired) electrons. The van der Waals surface area contributed by atoms with Gasteiger partial charge in [-0.25, -0.2) is 0 Å². The Hall–Kier alpha value is -1.36. The highest BCUT2D eigenvalue weighted by Gasteiger charge is 2.00. The monoisotopic (exact) mass is 168 g/mol. The van der Waals surface area contributed by atoms with E-state index in [4.69, 9.17) is 0 Å². The second-order valence-electron chi connectivity index (χ2n) is 2.37. The van der Waals surface area contributed by atoms with E-state index in [2.05, 4.69) is 20.8 Å². The minimum absolute atomic E-state index is 0.0198. The molecular formula is C7H12N4O. The van der Waals surface area contributed by atoms with E-state index in [1.54, 1.807) is 12.3 Å². The molecule has 0 unspecified atom stereocenters. The van der Waals surface area contributed by atoms with Crippen molar-refractivity contribution in [3.8, 4) is 0 Å². The molecule has 1 amide bonds. The van der Waals surface area contributed by atoms with Crippen LogP contribution in [0.2, 0.25) is 0 Å². The third-order valence-electron chi connectivity index (χ3n) is 1.38. The first-order chi connectivity index (χ1) is 5.83. The number of aromatic nitrogens is 2. The lowest BCUT2D eigenvalue weighted by Gasteiger charge is -2.00. The molecule has 0 fully saturated rings. The van der Waals surface area contributed by atoms with E-state index in [9.17, 15) is 4.79 Å². The van der Waals surface area contributed by atoms with Crippen LogP contribution in [0.4, 0.5) is 5.82 Å². The summed E-state index contributed by atoms with van der Waals surface area (Å²) >= 11 is 0. The summed E-state index contributed by atoms with van der Waals surface area (Å²) < 4.78 is 0. The van der Waals surface area contributed by atoms with Gasteiger partial charge in [-0.15, -0.1) is 0 Å². The number of aromatic amines is 1. The average Bonchev–Trinajstić information content (AvgIpc) is 2.53. The van der Waals surface area contributed by atoms with Crippen LogP contribution in [0.15, 0.2) is 12.3 Å². The Morgan fingerprint density at radius 2 is 2.58 bits per heavy atom. The summed E-state index contributed by atoms with van der Waals surface area (Å²) in [4.78, 5) is 11.1.